The van der Waals surface area contributed by atoms with Crippen molar-refractivity contribution in [3.8, 4) is 0 Å². The molecule has 0 saturated heterocycles. The number of anilines is 1. The van der Waals surface area contributed by atoms with Crippen LogP contribution in [0.5, 0.6) is 0 Å². The molecule has 172 valence electrons. The van der Waals surface area contributed by atoms with E-state index in [-0.39, 0.29) is 28.7 Å². The summed E-state index contributed by atoms with van der Waals surface area (Å²) in [6, 6.07) is 14.8. The van der Waals surface area contributed by atoms with Gasteiger partial charge in [-0.3, -0.25) is 19.2 Å². The van der Waals surface area contributed by atoms with Gasteiger partial charge in [0.1, 0.15) is 0 Å². The molecule has 7 rings (SSSR count). The predicted molar refractivity (Wildman–Crippen MR) is 135 cm³/mol. The Bertz CT molecular complexity index is 1750. The Hall–Kier alpha value is -4.71. The standard InChI is InChI=1S/C30H18N2O4/c1-13-11-19-21(29(35)17-9-5-3-7-15(17)27(19)33)25-23(13)31-26-22-20(12-14(2)24(26)32-25)28(34)16-8-4-6-10-18(16)30(22)36/h3-12,23,31H,1-2H3. The van der Waals surface area contributed by atoms with Crippen molar-refractivity contribution in [2.75, 3.05) is 5.32 Å². The molecule has 1 heterocycles. The van der Waals surface area contributed by atoms with Gasteiger partial charge in [0, 0.05) is 33.4 Å². The van der Waals surface area contributed by atoms with Gasteiger partial charge in [0.15, 0.2) is 23.1 Å². The van der Waals surface area contributed by atoms with E-state index in [0.717, 1.165) is 5.57 Å². The molecule has 1 aliphatic heterocycles. The number of carbonyl (C=O) groups excluding carboxylic acids is 4. The molecule has 0 saturated carbocycles. The number of allylic oxidation sites excluding steroid dienone is 2. The van der Waals surface area contributed by atoms with Crippen LogP contribution in [0.2, 0.25) is 0 Å². The highest BCUT2D eigenvalue weighted by Gasteiger charge is 2.43. The highest BCUT2D eigenvalue weighted by Crippen LogP contribution is 2.46. The van der Waals surface area contributed by atoms with E-state index < -0.39 is 6.04 Å². The summed E-state index contributed by atoms with van der Waals surface area (Å²) in [6.07, 6.45) is 1.73. The molecule has 1 unspecified atom stereocenters. The maximum Gasteiger partial charge on any atom is 0.196 e. The van der Waals surface area contributed by atoms with Gasteiger partial charge in [-0.2, -0.15) is 0 Å². The normalized spacial score (nSPS) is 19.2. The molecule has 0 fully saturated rings. The first-order chi connectivity index (χ1) is 17.4. The monoisotopic (exact) mass is 470 g/mol. The SMILES string of the molecule is CC1=CC2=C(C(=O)c3ccccc3C2=O)C2=Nc3c(C)cc4c(c3NC12)C(=O)c1ccccc1C4=O. The van der Waals surface area contributed by atoms with Gasteiger partial charge < -0.3 is 5.32 Å². The van der Waals surface area contributed by atoms with Gasteiger partial charge in [0.05, 0.1) is 34.3 Å². The summed E-state index contributed by atoms with van der Waals surface area (Å²) in [6.45, 7) is 3.69. The largest absolute Gasteiger partial charge is 0.371 e. The van der Waals surface area contributed by atoms with Crippen LogP contribution in [0.1, 0.15) is 65.0 Å². The predicted octanol–water partition coefficient (Wildman–Crippen LogP) is 4.97. The number of nitrogens with one attached hydrogen (secondary N) is 1. The van der Waals surface area contributed by atoms with Crippen LogP contribution >= 0.6 is 0 Å². The third kappa shape index (κ3) is 2.48. The zero-order chi connectivity index (χ0) is 24.9. The minimum absolute atomic E-state index is 0.201. The fraction of sp³-hybridized carbons (Fsp3) is 0.100. The van der Waals surface area contributed by atoms with Crippen molar-refractivity contribution in [2.24, 2.45) is 4.99 Å². The topological polar surface area (TPSA) is 92.7 Å². The molecule has 6 heteroatoms. The Balaban J connectivity index is 1.47. The second kappa shape index (κ2) is 6.92. The van der Waals surface area contributed by atoms with E-state index in [1.165, 1.54) is 0 Å². The Morgan fingerprint density at radius 3 is 1.97 bits per heavy atom. The second-order valence-corrected chi connectivity index (χ2v) is 9.50. The first-order valence-electron chi connectivity index (χ1n) is 11.7. The number of Topliss-reactive ketones (excluding diaryl/α,β-unsaturated/α-hetero) is 2. The number of aliphatic imine (C=N–C) groups is 1. The maximum atomic E-state index is 13.6. The quantitative estimate of drug-likeness (QED) is 0.392. The summed E-state index contributed by atoms with van der Waals surface area (Å²) in [5, 5.41) is 3.42. The zero-order valence-electron chi connectivity index (χ0n) is 19.4. The van der Waals surface area contributed by atoms with E-state index in [1.807, 2.05) is 13.8 Å². The van der Waals surface area contributed by atoms with Crippen LogP contribution < -0.4 is 5.32 Å². The van der Waals surface area contributed by atoms with Crippen molar-refractivity contribution in [3.05, 3.63) is 116 Å². The lowest BCUT2D eigenvalue weighted by molar-refractivity contribution is 0.0979. The second-order valence-electron chi connectivity index (χ2n) is 9.50. The summed E-state index contributed by atoms with van der Waals surface area (Å²) in [4.78, 5) is 58.7. The molecule has 1 N–H and O–H groups in total. The van der Waals surface area contributed by atoms with E-state index in [0.29, 0.717) is 61.6 Å². The van der Waals surface area contributed by atoms with Gasteiger partial charge in [0.25, 0.3) is 0 Å². The van der Waals surface area contributed by atoms with Crippen molar-refractivity contribution >= 4 is 40.2 Å². The van der Waals surface area contributed by atoms with Gasteiger partial charge in [-0.25, -0.2) is 4.99 Å². The molecule has 1 atom stereocenters. The van der Waals surface area contributed by atoms with E-state index >= 15 is 0 Å². The number of hydrogen-bond donors (Lipinski definition) is 1. The van der Waals surface area contributed by atoms with Gasteiger partial charge in [-0.05, 0) is 37.1 Å². The summed E-state index contributed by atoms with van der Waals surface area (Å²) >= 11 is 0. The minimum Gasteiger partial charge on any atom is -0.371 e. The highest BCUT2D eigenvalue weighted by molar-refractivity contribution is 6.41. The minimum atomic E-state index is -0.510. The summed E-state index contributed by atoms with van der Waals surface area (Å²) in [5.74, 6) is -0.883. The van der Waals surface area contributed by atoms with Crippen molar-refractivity contribution in [2.45, 2.75) is 19.9 Å². The fourth-order valence-corrected chi connectivity index (χ4v) is 5.69. The molecule has 3 aliphatic carbocycles. The molecular weight excluding hydrogens is 452 g/mol. The van der Waals surface area contributed by atoms with Gasteiger partial charge in [-0.15, -0.1) is 0 Å². The van der Waals surface area contributed by atoms with E-state index in [1.54, 1.807) is 60.7 Å². The average molecular weight is 470 g/mol. The number of benzene rings is 3. The molecule has 0 radical (unpaired) electrons. The number of aryl methyl sites for hydroxylation is 1. The fourth-order valence-electron chi connectivity index (χ4n) is 5.69. The lowest BCUT2D eigenvalue weighted by Crippen LogP contribution is -2.42. The Morgan fingerprint density at radius 2 is 1.31 bits per heavy atom. The van der Waals surface area contributed by atoms with Crippen LogP contribution in [-0.2, 0) is 0 Å². The molecule has 4 aliphatic rings. The molecule has 3 aromatic carbocycles. The van der Waals surface area contributed by atoms with Gasteiger partial charge in [-0.1, -0.05) is 48.5 Å². The van der Waals surface area contributed by atoms with Crippen LogP contribution in [0.25, 0.3) is 0 Å². The molecule has 6 nitrogen and oxygen atoms in total. The van der Waals surface area contributed by atoms with Crippen molar-refractivity contribution in [1.29, 1.82) is 0 Å². The van der Waals surface area contributed by atoms with E-state index in [4.69, 9.17) is 4.99 Å². The average Bonchev–Trinajstić information content (AvgIpc) is 2.89. The smallest absolute Gasteiger partial charge is 0.196 e. The van der Waals surface area contributed by atoms with Crippen LogP contribution in [0.4, 0.5) is 11.4 Å². The number of ketones is 4. The highest BCUT2D eigenvalue weighted by atomic mass is 16.1. The number of hydrogen-bond acceptors (Lipinski definition) is 6. The van der Waals surface area contributed by atoms with E-state index in [9.17, 15) is 19.2 Å². The molecular formula is C30H18N2O4. The van der Waals surface area contributed by atoms with Crippen LogP contribution in [0.3, 0.4) is 0 Å². The summed E-state index contributed by atoms with van der Waals surface area (Å²) in [7, 11) is 0. The molecule has 0 amide bonds. The van der Waals surface area contributed by atoms with Crippen molar-refractivity contribution < 1.29 is 19.2 Å². The third-order valence-electron chi connectivity index (χ3n) is 7.41. The lowest BCUT2D eigenvalue weighted by Gasteiger charge is -2.36. The Morgan fingerprint density at radius 1 is 0.722 bits per heavy atom. The summed E-state index contributed by atoms with van der Waals surface area (Å²) in [5.41, 5.74) is 5.72. The Kier molecular flexibility index (Phi) is 3.97. The zero-order valence-corrected chi connectivity index (χ0v) is 19.4. The third-order valence-corrected chi connectivity index (χ3v) is 7.41. The van der Waals surface area contributed by atoms with Crippen molar-refractivity contribution in [3.63, 3.8) is 0 Å². The van der Waals surface area contributed by atoms with Crippen LogP contribution in [0.15, 0.2) is 82.4 Å². The van der Waals surface area contributed by atoms with Crippen LogP contribution in [-0.4, -0.2) is 34.9 Å². The first-order valence-corrected chi connectivity index (χ1v) is 11.7. The van der Waals surface area contributed by atoms with Gasteiger partial charge in [0.2, 0.25) is 0 Å². The molecule has 0 aromatic heterocycles. The summed E-state index contributed by atoms with van der Waals surface area (Å²) < 4.78 is 0. The van der Waals surface area contributed by atoms with Gasteiger partial charge >= 0.3 is 0 Å². The van der Waals surface area contributed by atoms with Crippen LogP contribution in [0, 0.1) is 6.92 Å². The molecule has 3 aromatic rings. The van der Waals surface area contributed by atoms with Crippen molar-refractivity contribution in [1.82, 2.24) is 0 Å². The number of nitrogens with zero attached hydrogens (tertiary/aromatic N) is 1. The molecule has 0 spiro atoms. The number of rotatable bonds is 0. The van der Waals surface area contributed by atoms with E-state index in [2.05, 4.69) is 5.32 Å². The number of fused-ring (bicyclic) bond motifs is 7. The molecule has 0 bridgehead atoms. The Labute approximate surface area is 206 Å². The lowest BCUT2D eigenvalue weighted by atomic mass is 9.74. The maximum absolute atomic E-state index is 13.6. The first kappa shape index (κ1) is 20.6. The molecule has 36 heavy (non-hydrogen) atoms. The number of carbonyl (C=O) groups is 4.